The lowest BCUT2D eigenvalue weighted by atomic mass is 10.2. The van der Waals surface area contributed by atoms with Gasteiger partial charge in [-0.05, 0) is 54.4 Å². The van der Waals surface area contributed by atoms with Crippen LogP contribution in [0.5, 0.6) is 11.5 Å². The zero-order valence-corrected chi connectivity index (χ0v) is 16.1. The van der Waals surface area contributed by atoms with E-state index in [4.69, 9.17) is 9.47 Å². The average molecular weight is 388 g/mol. The van der Waals surface area contributed by atoms with Gasteiger partial charge in [0.15, 0.2) is 11.5 Å². The van der Waals surface area contributed by atoms with Crippen molar-refractivity contribution in [3.05, 3.63) is 84.1 Å². The summed E-state index contributed by atoms with van der Waals surface area (Å²) in [5.74, 6) is 0.824. The quantitative estimate of drug-likeness (QED) is 0.542. The predicted octanol–water partition coefficient (Wildman–Crippen LogP) is 3.88. The van der Waals surface area contributed by atoms with Gasteiger partial charge in [0.2, 0.25) is 0 Å². The van der Waals surface area contributed by atoms with Gasteiger partial charge in [-0.3, -0.25) is 9.78 Å². The number of hydrogen-bond acceptors (Lipinski definition) is 5. The molecule has 0 unspecified atom stereocenters. The van der Waals surface area contributed by atoms with Gasteiger partial charge in [-0.15, -0.1) is 0 Å². The molecule has 7 nitrogen and oxygen atoms in total. The zero-order chi connectivity index (χ0) is 20.2. The standard InChI is InChI=1S/C22H20N4O3/c1-15-7-10-26-13-18(25-21(26)11-15)22(27)24-17-3-4-19(28-2)20(12-17)29-14-16-5-8-23-9-6-16/h3-13H,14H2,1-2H3,(H,24,27). The number of benzene rings is 1. The summed E-state index contributed by atoms with van der Waals surface area (Å²) >= 11 is 0. The average Bonchev–Trinajstić information content (AvgIpc) is 3.16. The molecule has 3 aromatic heterocycles. The first-order chi connectivity index (χ1) is 14.1. The molecule has 7 heteroatoms. The van der Waals surface area contributed by atoms with Gasteiger partial charge < -0.3 is 19.2 Å². The molecule has 0 aliphatic rings. The van der Waals surface area contributed by atoms with Crippen molar-refractivity contribution in [3.8, 4) is 11.5 Å². The van der Waals surface area contributed by atoms with Crippen LogP contribution in [-0.2, 0) is 6.61 Å². The topological polar surface area (TPSA) is 77.8 Å². The molecule has 3 heterocycles. The first-order valence-corrected chi connectivity index (χ1v) is 9.09. The second-order valence-corrected chi connectivity index (χ2v) is 6.56. The van der Waals surface area contributed by atoms with E-state index in [1.54, 1.807) is 43.9 Å². The van der Waals surface area contributed by atoms with Gasteiger partial charge in [0, 0.05) is 36.5 Å². The SMILES string of the molecule is COc1ccc(NC(=O)c2cn3ccc(C)cc3n2)cc1OCc1ccncc1. The van der Waals surface area contributed by atoms with Gasteiger partial charge in [-0.2, -0.15) is 0 Å². The Morgan fingerprint density at radius 1 is 1.10 bits per heavy atom. The van der Waals surface area contributed by atoms with Crippen molar-refractivity contribution in [2.24, 2.45) is 0 Å². The lowest BCUT2D eigenvalue weighted by Crippen LogP contribution is -2.12. The molecule has 146 valence electrons. The smallest absolute Gasteiger partial charge is 0.275 e. The molecule has 0 bridgehead atoms. The van der Waals surface area contributed by atoms with E-state index >= 15 is 0 Å². The van der Waals surface area contributed by atoms with Gasteiger partial charge in [0.05, 0.1) is 7.11 Å². The van der Waals surface area contributed by atoms with Crippen molar-refractivity contribution in [2.75, 3.05) is 12.4 Å². The number of nitrogens with one attached hydrogen (secondary N) is 1. The maximum Gasteiger partial charge on any atom is 0.275 e. The molecular weight excluding hydrogens is 368 g/mol. The minimum absolute atomic E-state index is 0.295. The van der Waals surface area contributed by atoms with Crippen molar-refractivity contribution in [2.45, 2.75) is 13.5 Å². The molecule has 0 saturated carbocycles. The van der Waals surface area contributed by atoms with E-state index in [0.29, 0.717) is 29.5 Å². The first-order valence-electron chi connectivity index (χ1n) is 9.09. The molecule has 0 aliphatic heterocycles. The van der Waals surface area contributed by atoms with E-state index in [1.807, 2.05) is 41.8 Å². The molecule has 0 aliphatic carbocycles. The third-order valence-corrected chi connectivity index (χ3v) is 4.41. The normalized spacial score (nSPS) is 10.7. The molecule has 4 aromatic rings. The monoisotopic (exact) mass is 388 g/mol. The van der Waals surface area contributed by atoms with Gasteiger partial charge in [0.25, 0.3) is 5.91 Å². The minimum Gasteiger partial charge on any atom is -0.493 e. The Morgan fingerprint density at radius 2 is 1.93 bits per heavy atom. The van der Waals surface area contributed by atoms with Crippen molar-refractivity contribution < 1.29 is 14.3 Å². The Balaban J connectivity index is 1.52. The number of aromatic nitrogens is 3. The number of rotatable bonds is 6. The van der Waals surface area contributed by atoms with Crippen LogP contribution in [0.1, 0.15) is 21.6 Å². The highest BCUT2D eigenvalue weighted by Crippen LogP contribution is 2.31. The van der Waals surface area contributed by atoms with Crippen molar-refractivity contribution in [1.82, 2.24) is 14.4 Å². The summed E-state index contributed by atoms with van der Waals surface area (Å²) in [5.41, 5.74) is 3.73. The molecule has 1 amide bonds. The van der Waals surface area contributed by atoms with Crippen LogP contribution in [0, 0.1) is 6.92 Å². The third-order valence-electron chi connectivity index (χ3n) is 4.41. The van der Waals surface area contributed by atoms with E-state index < -0.39 is 0 Å². The molecule has 1 aromatic carbocycles. The van der Waals surface area contributed by atoms with Crippen molar-refractivity contribution in [3.63, 3.8) is 0 Å². The fourth-order valence-electron chi connectivity index (χ4n) is 2.90. The van der Waals surface area contributed by atoms with Crippen LogP contribution in [0.4, 0.5) is 5.69 Å². The molecule has 0 fully saturated rings. The Hall–Kier alpha value is -3.87. The Labute approximate surface area is 168 Å². The number of amides is 1. The van der Waals surface area contributed by atoms with E-state index in [2.05, 4.69) is 15.3 Å². The summed E-state index contributed by atoms with van der Waals surface area (Å²) in [7, 11) is 1.57. The molecular formula is C22H20N4O3. The highest BCUT2D eigenvalue weighted by atomic mass is 16.5. The second-order valence-electron chi connectivity index (χ2n) is 6.56. The number of ether oxygens (including phenoxy) is 2. The van der Waals surface area contributed by atoms with Gasteiger partial charge >= 0.3 is 0 Å². The van der Waals surface area contributed by atoms with E-state index in [9.17, 15) is 4.79 Å². The number of fused-ring (bicyclic) bond motifs is 1. The number of carbonyl (C=O) groups is 1. The number of nitrogens with zero attached hydrogens (tertiary/aromatic N) is 3. The number of carbonyl (C=O) groups excluding carboxylic acids is 1. The molecule has 0 saturated heterocycles. The van der Waals surface area contributed by atoms with Gasteiger partial charge in [0.1, 0.15) is 17.9 Å². The Bertz CT molecular complexity index is 1160. The van der Waals surface area contributed by atoms with Crippen LogP contribution in [0.2, 0.25) is 0 Å². The predicted molar refractivity (Wildman–Crippen MR) is 109 cm³/mol. The molecule has 0 spiro atoms. The van der Waals surface area contributed by atoms with Crippen LogP contribution >= 0.6 is 0 Å². The fraction of sp³-hybridized carbons (Fsp3) is 0.136. The Kier molecular flexibility index (Phi) is 5.11. The summed E-state index contributed by atoms with van der Waals surface area (Å²) in [6.07, 6.45) is 7.01. The second kappa shape index (κ2) is 8.02. The van der Waals surface area contributed by atoms with E-state index in [0.717, 1.165) is 16.8 Å². The van der Waals surface area contributed by atoms with Crippen LogP contribution in [0.3, 0.4) is 0 Å². The lowest BCUT2D eigenvalue weighted by Gasteiger charge is -2.12. The van der Waals surface area contributed by atoms with Crippen LogP contribution in [0.25, 0.3) is 5.65 Å². The zero-order valence-electron chi connectivity index (χ0n) is 16.1. The number of hydrogen-bond donors (Lipinski definition) is 1. The maximum absolute atomic E-state index is 12.6. The summed E-state index contributed by atoms with van der Waals surface area (Å²) in [6, 6.07) is 12.9. The summed E-state index contributed by atoms with van der Waals surface area (Å²) in [6.45, 7) is 2.35. The summed E-state index contributed by atoms with van der Waals surface area (Å²) < 4.78 is 13.1. The van der Waals surface area contributed by atoms with Gasteiger partial charge in [-0.1, -0.05) is 0 Å². The number of imidazole rings is 1. The number of anilines is 1. The lowest BCUT2D eigenvalue weighted by molar-refractivity contribution is 0.102. The number of aryl methyl sites for hydroxylation is 1. The molecule has 1 N–H and O–H groups in total. The fourth-order valence-corrected chi connectivity index (χ4v) is 2.90. The third kappa shape index (κ3) is 4.19. The molecule has 29 heavy (non-hydrogen) atoms. The number of pyridine rings is 2. The van der Waals surface area contributed by atoms with E-state index in [1.165, 1.54) is 0 Å². The highest BCUT2D eigenvalue weighted by Gasteiger charge is 2.13. The van der Waals surface area contributed by atoms with Gasteiger partial charge in [-0.25, -0.2) is 4.98 Å². The minimum atomic E-state index is -0.295. The maximum atomic E-state index is 12.6. The molecule has 0 atom stereocenters. The summed E-state index contributed by atoms with van der Waals surface area (Å²) in [4.78, 5) is 21.0. The van der Waals surface area contributed by atoms with Crippen molar-refractivity contribution in [1.29, 1.82) is 0 Å². The number of methoxy groups -OCH3 is 1. The van der Waals surface area contributed by atoms with Crippen LogP contribution < -0.4 is 14.8 Å². The highest BCUT2D eigenvalue weighted by molar-refractivity contribution is 6.03. The Morgan fingerprint density at radius 3 is 2.72 bits per heavy atom. The molecule has 4 rings (SSSR count). The summed E-state index contributed by atoms with van der Waals surface area (Å²) in [5, 5.41) is 2.86. The van der Waals surface area contributed by atoms with E-state index in [-0.39, 0.29) is 5.91 Å². The van der Waals surface area contributed by atoms with Crippen molar-refractivity contribution >= 4 is 17.2 Å². The van der Waals surface area contributed by atoms with Crippen LogP contribution in [-0.4, -0.2) is 27.4 Å². The largest absolute Gasteiger partial charge is 0.493 e. The first kappa shape index (κ1) is 18.5. The molecule has 0 radical (unpaired) electrons. The van der Waals surface area contributed by atoms with Crippen LogP contribution in [0.15, 0.2) is 67.3 Å².